The summed E-state index contributed by atoms with van der Waals surface area (Å²) in [7, 11) is 4.36. The van der Waals surface area contributed by atoms with Crippen LogP contribution in [0.4, 0.5) is 0 Å². The lowest BCUT2D eigenvalue weighted by atomic mass is 10.0. The van der Waals surface area contributed by atoms with Gasteiger partial charge >= 0.3 is 0 Å². The Hall–Kier alpha value is -2.04. The highest BCUT2D eigenvalue weighted by atomic mass is 16.5. The molecule has 0 spiro atoms. The first-order valence-corrected chi connectivity index (χ1v) is 11.0. The molecule has 2 heterocycles. The molecule has 4 nitrogen and oxygen atoms in total. The van der Waals surface area contributed by atoms with Crippen LogP contribution in [0.15, 0.2) is 48.5 Å². The first-order valence-electron chi connectivity index (χ1n) is 11.0. The summed E-state index contributed by atoms with van der Waals surface area (Å²) in [5, 5.41) is 0. The number of benzene rings is 2. The average Bonchev–Trinajstić information content (AvgIpc) is 2.74. The molecule has 2 aromatic rings. The second-order valence-electron chi connectivity index (χ2n) is 8.67. The Labute approximate surface area is 175 Å². The van der Waals surface area contributed by atoms with E-state index in [0.717, 1.165) is 69.8 Å². The first kappa shape index (κ1) is 20.2. The predicted octanol–water partition coefficient (Wildman–Crippen LogP) is 4.22. The summed E-state index contributed by atoms with van der Waals surface area (Å²) in [6.07, 6.45) is 6.00. The quantitative estimate of drug-likeness (QED) is 0.732. The highest BCUT2D eigenvalue weighted by molar-refractivity contribution is 5.39. The zero-order valence-electron chi connectivity index (χ0n) is 17.8. The van der Waals surface area contributed by atoms with Crippen LogP contribution >= 0.6 is 0 Å². The van der Waals surface area contributed by atoms with E-state index in [1.54, 1.807) is 0 Å². The smallest absolute Gasteiger partial charge is 0.123 e. The van der Waals surface area contributed by atoms with Crippen LogP contribution in [0.3, 0.4) is 0 Å². The SMILES string of the molecule is CN1CCC(Oc2ccc(Cc3ccccc3OC3CCN(C)CC3)cc2)CC1. The van der Waals surface area contributed by atoms with Crippen LogP contribution in [0.2, 0.25) is 0 Å². The molecule has 0 N–H and O–H groups in total. The van der Waals surface area contributed by atoms with Gasteiger partial charge in [-0.15, -0.1) is 0 Å². The normalized spacial score (nSPS) is 19.9. The summed E-state index contributed by atoms with van der Waals surface area (Å²) in [6.45, 7) is 4.48. The van der Waals surface area contributed by atoms with E-state index < -0.39 is 0 Å². The monoisotopic (exact) mass is 394 g/mol. The topological polar surface area (TPSA) is 24.9 Å². The molecule has 0 radical (unpaired) electrons. The summed E-state index contributed by atoms with van der Waals surface area (Å²) in [4.78, 5) is 4.75. The summed E-state index contributed by atoms with van der Waals surface area (Å²) in [5.41, 5.74) is 2.55. The molecule has 4 heteroatoms. The molecule has 2 saturated heterocycles. The van der Waals surface area contributed by atoms with Crippen molar-refractivity contribution in [1.29, 1.82) is 0 Å². The summed E-state index contributed by atoms with van der Waals surface area (Å²) in [6, 6.07) is 17.1. The summed E-state index contributed by atoms with van der Waals surface area (Å²) in [5.74, 6) is 2.02. The average molecular weight is 395 g/mol. The molecule has 156 valence electrons. The molecular weight excluding hydrogens is 360 g/mol. The van der Waals surface area contributed by atoms with Crippen LogP contribution in [0.5, 0.6) is 11.5 Å². The van der Waals surface area contributed by atoms with Gasteiger partial charge in [0.05, 0.1) is 0 Å². The highest BCUT2D eigenvalue weighted by Gasteiger charge is 2.20. The number of hydrogen-bond donors (Lipinski definition) is 0. The van der Waals surface area contributed by atoms with Crippen LogP contribution in [-0.4, -0.2) is 62.3 Å². The maximum Gasteiger partial charge on any atom is 0.123 e. The van der Waals surface area contributed by atoms with Crippen LogP contribution in [0.1, 0.15) is 36.8 Å². The minimum Gasteiger partial charge on any atom is -0.490 e. The van der Waals surface area contributed by atoms with E-state index in [0.29, 0.717) is 12.2 Å². The fraction of sp³-hybridized carbons (Fsp3) is 0.520. The van der Waals surface area contributed by atoms with Gasteiger partial charge < -0.3 is 19.3 Å². The number of piperidine rings is 2. The minimum absolute atomic E-state index is 0.331. The van der Waals surface area contributed by atoms with E-state index in [2.05, 4.69) is 72.4 Å². The minimum atomic E-state index is 0.331. The van der Waals surface area contributed by atoms with Gasteiger partial charge in [-0.1, -0.05) is 30.3 Å². The van der Waals surface area contributed by atoms with Crippen molar-refractivity contribution in [1.82, 2.24) is 9.80 Å². The molecule has 0 unspecified atom stereocenters. The Morgan fingerprint density at radius 2 is 1.28 bits per heavy atom. The zero-order chi connectivity index (χ0) is 20.1. The van der Waals surface area contributed by atoms with Crippen molar-refractivity contribution in [3.63, 3.8) is 0 Å². The van der Waals surface area contributed by atoms with E-state index in [9.17, 15) is 0 Å². The van der Waals surface area contributed by atoms with E-state index >= 15 is 0 Å². The lowest BCUT2D eigenvalue weighted by Gasteiger charge is -2.30. The van der Waals surface area contributed by atoms with Crippen molar-refractivity contribution in [2.75, 3.05) is 40.3 Å². The van der Waals surface area contributed by atoms with Crippen LogP contribution in [0, 0.1) is 0 Å². The number of nitrogens with zero attached hydrogens (tertiary/aromatic N) is 2. The molecular formula is C25H34N2O2. The van der Waals surface area contributed by atoms with Crippen molar-refractivity contribution in [2.24, 2.45) is 0 Å². The van der Waals surface area contributed by atoms with Crippen molar-refractivity contribution >= 4 is 0 Å². The third-order valence-electron chi connectivity index (χ3n) is 6.22. The number of para-hydroxylation sites is 1. The molecule has 2 aromatic carbocycles. The van der Waals surface area contributed by atoms with Crippen molar-refractivity contribution in [3.05, 3.63) is 59.7 Å². The van der Waals surface area contributed by atoms with E-state index in [1.165, 1.54) is 11.1 Å². The Morgan fingerprint density at radius 1 is 0.724 bits per heavy atom. The molecule has 0 amide bonds. The molecule has 2 aliphatic heterocycles. The summed E-state index contributed by atoms with van der Waals surface area (Å²) >= 11 is 0. The first-order chi connectivity index (χ1) is 14.2. The molecule has 0 aromatic heterocycles. The van der Waals surface area contributed by atoms with E-state index in [1.807, 2.05) is 0 Å². The second-order valence-corrected chi connectivity index (χ2v) is 8.67. The van der Waals surface area contributed by atoms with Crippen molar-refractivity contribution in [3.8, 4) is 11.5 Å². The maximum absolute atomic E-state index is 6.38. The van der Waals surface area contributed by atoms with Gasteiger partial charge in [0.2, 0.25) is 0 Å². The Balaban J connectivity index is 1.35. The van der Waals surface area contributed by atoms with Gasteiger partial charge in [0.25, 0.3) is 0 Å². The van der Waals surface area contributed by atoms with Gasteiger partial charge in [0.1, 0.15) is 23.7 Å². The molecule has 0 saturated carbocycles. The summed E-state index contributed by atoms with van der Waals surface area (Å²) < 4.78 is 12.6. The maximum atomic E-state index is 6.38. The Kier molecular flexibility index (Phi) is 6.73. The third-order valence-corrected chi connectivity index (χ3v) is 6.22. The van der Waals surface area contributed by atoms with Gasteiger partial charge in [0.15, 0.2) is 0 Å². The number of likely N-dealkylation sites (tertiary alicyclic amines) is 2. The lowest BCUT2D eigenvalue weighted by molar-refractivity contribution is 0.113. The predicted molar refractivity (Wildman–Crippen MR) is 118 cm³/mol. The highest BCUT2D eigenvalue weighted by Crippen LogP contribution is 2.26. The number of hydrogen-bond acceptors (Lipinski definition) is 4. The van der Waals surface area contributed by atoms with Gasteiger partial charge in [0, 0.05) is 32.6 Å². The van der Waals surface area contributed by atoms with Gasteiger partial charge in [-0.2, -0.15) is 0 Å². The van der Waals surface area contributed by atoms with Crippen LogP contribution in [0.25, 0.3) is 0 Å². The van der Waals surface area contributed by atoms with Crippen LogP contribution in [-0.2, 0) is 6.42 Å². The zero-order valence-corrected chi connectivity index (χ0v) is 17.8. The third kappa shape index (κ3) is 5.74. The molecule has 2 fully saturated rings. The molecule has 0 aliphatic carbocycles. The fourth-order valence-electron chi connectivity index (χ4n) is 4.25. The molecule has 4 rings (SSSR count). The van der Waals surface area contributed by atoms with Crippen LogP contribution < -0.4 is 9.47 Å². The second kappa shape index (κ2) is 9.64. The lowest BCUT2D eigenvalue weighted by Crippen LogP contribution is -2.35. The van der Waals surface area contributed by atoms with Gasteiger partial charge in [-0.3, -0.25) is 0 Å². The standard InChI is InChI=1S/C25H34N2O2/c1-26-15-11-23(12-16-26)28-22-9-7-20(8-10-22)19-21-5-3-4-6-25(21)29-24-13-17-27(2)18-14-24/h3-10,23-24H,11-19H2,1-2H3. The molecule has 0 atom stereocenters. The van der Waals surface area contributed by atoms with E-state index in [4.69, 9.17) is 9.47 Å². The largest absolute Gasteiger partial charge is 0.490 e. The van der Waals surface area contributed by atoms with E-state index in [-0.39, 0.29) is 0 Å². The van der Waals surface area contributed by atoms with Crippen molar-refractivity contribution in [2.45, 2.75) is 44.3 Å². The number of ether oxygens (including phenoxy) is 2. The molecule has 0 bridgehead atoms. The van der Waals surface area contributed by atoms with Gasteiger partial charge in [-0.05, 0) is 69.1 Å². The number of rotatable bonds is 6. The molecule has 2 aliphatic rings. The fourth-order valence-corrected chi connectivity index (χ4v) is 4.25. The molecule has 29 heavy (non-hydrogen) atoms. The Morgan fingerprint density at radius 3 is 1.90 bits per heavy atom. The Bertz CT molecular complexity index is 761. The van der Waals surface area contributed by atoms with Crippen molar-refractivity contribution < 1.29 is 9.47 Å². The van der Waals surface area contributed by atoms with Gasteiger partial charge in [-0.25, -0.2) is 0 Å².